The van der Waals surface area contributed by atoms with Crippen LogP contribution in [0.15, 0.2) is 40.9 Å². The minimum atomic E-state index is -0.213. The second kappa shape index (κ2) is 5.96. The molecule has 1 fully saturated rings. The number of carbonyl (C=O) groups excluding carboxylic acids is 1. The molecule has 0 spiro atoms. The third kappa shape index (κ3) is 2.73. The van der Waals surface area contributed by atoms with Crippen molar-refractivity contribution in [3.05, 3.63) is 46.4 Å². The van der Waals surface area contributed by atoms with Gasteiger partial charge in [0.25, 0.3) is 0 Å². The lowest BCUT2D eigenvalue weighted by atomic mass is 9.98. The van der Waals surface area contributed by atoms with Crippen molar-refractivity contribution in [2.24, 2.45) is 0 Å². The summed E-state index contributed by atoms with van der Waals surface area (Å²) < 4.78 is 6.47. The minimum Gasteiger partial charge on any atom is -0.459 e. The SMILES string of the molecule is O=C(OC1CCCCC1)c1ccc2ccccc2c1Br. The van der Waals surface area contributed by atoms with Gasteiger partial charge in [0.2, 0.25) is 0 Å². The highest BCUT2D eigenvalue weighted by molar-refractivity contribution is 9.10. The fourth-order valence-electron chi connectivity index (χ4n) is 2.79. The van der Waals surface area contributed by atoms with Gasteiger partial charge in [-0.05, 0) is 58.5 Å². The summed E-state index contributed by atoms with van der Waals surface area (Å²) >= 11 is 3.55. The molecule has 3 rings (SSSR count). The standard InChI is InChI=1S/C17H17BrO2/c18-16-14-9-5-4-6-12(14)10-11-15(16)17(19)20-13-7-2-1-3-8-13/h4-6,9-11,13H,1-3,7-8H2. The molecule has 1 aliphatic rings. The van der Waals surface area contributed by atoms with E-state index in [-0.39, 0.29) is 12.1 Å². The Morgan fingerprint density at radius 3 is 2.60 bits per heavy atom. The average Bonchev–Trinajstić information content (AvgIpc) is 2.49. The van der Waals surface area contributed by atoms with E-state index in [1.807, 2.05) is 36.4 Å². The lowest BCUT2D eigenvalue weighted by Gasteiger charge is -2.22. The normalized spacial score (nSPS) is 16.2. The highest BCUT2D eigenvalue weighted by Gasteiger charge is 2.20. The summed E-state index contributed by atoms with van der Waals surface area (Å²) in [4.78, 5) is 12.3. The molecule has 2 aromatic rings. The predicted molar refractivity (Wildman–Crippen MR) is 83.9 cm³/mol. The van der Waals surface area contributed by atoms with E-state index in [2.05, 4.69) is 15.9 Å². The van der Waals surface area contributed by atoms with Crippen LogP contribution in [0.2, 0.25) is 0 Å². The Balaban J connectivity index is 1.85. The van der Waals surface area contributed by atoms with Crippen LogP contribution in [-0.2, 0) is 4.74 Å². The molecule has 0 bridgehead atoms. The van der Waals surface area contributed by atoms with E-state index in [0.29, 0.717) is 5.56 Å². The molecule has 0 aliphatic heterocycles. The number of rotatable bonds is 2. The van der Waals surface area contributed by atoms with Crippen LogP contribution in [0.3, 0.4) is 0 Å². The van der Waals surface area contributed by atoms with E-state index in [0.717, 1.165) is 40.9 Å². The molecule has 0 unspecified atom stereocenters. The average molecular weight is 333 g/mol. The molecule has 0 aromatic heterocycles. The van der Waals surface area contributed by atoms with E-state index >= 15 is 0 Å². The van der Waals surface area contributed by atoms with Crippen molar-refractivity contribution >= 4 is 32.7 Å². The first-order chi connectivity index (χ1) is 9.75. The molecule has 2 aromatic carbocycles. The Hall–Kier alpha value is -1.35. The van der Waals surface area contributed by atoms with E-state index < -0.39 is 0 Å². The maximum absolute atomic E-state index is 12.3. The van der Waals surface area contributed by atoms with Crippen LogP contribution in [0, 0.1) is 0 Å². The van der Waals surface area contributed by atoms with Crippen LogP contribution < -0.4 is 0 Å². The third-order valence-corrected chi connectivity index (χ3v) is 4.76. The van der Waals surface area contributed by atoms with Gasteiger partial charge < -0.3 is 4.74 Å². The van der Waals surface area contributed by atoms with Gasteiger partial charge in [-0.15, -0.1) is 0 Å². The van der Waals surface area contributed by atoms with E-state index in [4.69, 9.17) is 4.74 Å². The van der Waals surface area contributed by atoms with Crippen LogP contribution in [0.1, 0.15) is 42.5 Å². The van der Waals surface area contributed by atoms with Gasteiger partial charge in [0.15, 0.2) is 0 Å². The van der Waals surface area contributed by atoms with Crippen LogP contribution in [-0.4, -0.2) is 12.1 Å². The molecule has 1 saturated carbocycles. The first-order valence-corrected chi connectivity index (χ1v) is 7.93. The molecular weight excluding hydrogens is 316 g/mol. The van der Waals surface area contributed by atoms with Gasteiger partial charge in [0.1, 0.15) is 6.10 Å². The van der Waals surface area contributed by atoms with E-state index in [1.54, 1.807) is 0 Å². The predicted octanol–water partition coefficient (Wildman–Crippen LogP) is 5.09. The summed E-state index contributed by atoms with van der Waals surface area (Å²) in [5.41, 5.74) is 0.620. The van der Waals surface area contributed by atoms with Gasteiger partial charge in [0, 0.05) is 4.47 Å². The number of hydrogen-bond acceptors (Lipinski definition) is 2. The van der Waals surface area contributed by atoms with Gasteiger partial charge in [-0.2, -0.15) is 0 Å². The summed E-state index contributed by atoms with van der Waals surface area (Å²) in [6.45, 7) is 0. The monoisotopic (exact) mass is 332 g/mol. The molecule has 0 amide bonds. The number of hydrogen-bond donors (Lipinski definition) is 0. The molecule has 0 heterocycles. The molecule has 104 valence electrons. The molecule has 0 radical (unpaired) electrons. The molecule has 0 saturated heterocycles. The minimum absolute atomic E-state index is 0.0922. The largest absolute Gasteiger partial charge is 0.459 e. The second-order valence-corrected chi connectivity index (χ2v) is 6.11. The van der Waals surface area contributed by atoms with Crippen molar-refractivity contribution in [2.45, 2.75) is 38.2 Å². The van der Waals surface area contributed by atoms with Crippen LogP contribution >= 0.6 is 15.9 Å². The quantitative estimate of drug-likeness (QED) is 0.716. The maximum atomic E-state index is 12.3. The first-order valence-electron chi connectivity index (χ1n) is 7.14. The lowest BCUT2D eigenvalue weighted by Crippen LogP contribution is -2.21. The van der Waals surface area contributed by atoms with Crippen molar-refractivity contribution in [3.8, 4) is 0 Å². The molecule has 20 heavy (non-hydrogen) atoms. The maximum Gasteiger partial charge on any atom is 0.339 e. The zero-order valence-corrected chi connectivity index (χ0v) is 12.9. The molecule has 0 atom stereocenters. The van der Waals surface area contributed by atoms with E-state index in [1.165, 1.54) is 6.42 Å². The van der Waals surface area contributed by atoms with Gasteiger partial charge >= 0.3 is 5.97 Å². The van der Waals surface area contributed by atoms with Gasteiger partial charge in [0.05, 0.1) is 5.56 Å². The van der Waals surface area contributed by atoms with Gasteiger partial charge in [-0.1, -0.05) is 36.8 Å². The summed E-state index contributed by atoms with van der Waals surface area (Å²) in [5.74, 6) is -0.213. The topological polar surface area (TPSA) is 26.3 Å². The summed E-state index contributed by atoms with van der Waals surface area (Å²) in [5, 5.41) is 2.17. The highest BCUT2D eigenvalue weighted by Crippen LogP contribution is 2.29. The highest BCUT2D eigenvalue weighted by atomic mass is 79.9. The fourth-order valence-corrected chi connectivity index (χ4v) is 3.44. The zero-order valence-electron chi connectivity index (χ0n) is 11.3. The second-order valence-electron chi connectivity index (χ2n) is 5.31. The number of carbonyl (C=O) groups is 1. The lowest BCUT2D eigenvalue weighted by molar-refractivity contribution is 0.0210. The molecule has 0 N–H and O–H groups in total. The van der Waals surface area contributed by atoms with Crippen molar-refractivity contribution in [1.82, 2.24) is 0 Å². The molecule has 2 nitrogen and oxygen atoms in total. The zero-order chi connectivity index (χ0) is 13.9. The van der Waals surface area contributed by atoms with Gasteiger partial charge in [-0.3, -0.25) is 0 Å². The first kappa shape index (κ1) is 13.6. The number of esters is 1. The van der Waals surface area contributed by atoms with Gasteiger partial charge in [-0.25, -0.2) is 4.79 Å². The number of fused-ring (bicyclic) bond motifs is 1. The number of ether oxygens (including phenoxy) is 1. The van der Waals surface area contributed by atoms with Crippen molar-refractivity contribution in [2.75, 3.05) is 0 Å². The van der Waals surface area contributed by atoms with Crippen molar-refractivity contribution < 1.29 is 9.53 Å². The molecule has 1 aliphatic carbocycles. The Kier molecular flexibility index (Phi) is 4.06. The summed E-state index contributed by atoms with van der Waals surface area (Å²) in [6, 6.07) is 11.8. The van der Waals surface area contributed by atoms with Crippen LogP contribution in [0.4, 0.5) is 0 Å². The summed E-state index contributed by atoms with van der Waals surface area (Å²) in [7, 11) is 0. The third-order valence-electron chi connectivity index (χ3n) is 3.91. The Labute approximate surface area is 127 Å². The Morgan fingerprint density at radius 1 is 1.05 bits per heavy atom. The number of benzene rings is 2. The Bertz CT molecular complexity index is 630. The molecule has 3 heteroatoms. The Morgan fingerprint density at radius 2 is 1.80 bits per heavy atom. The van der Waals surface area contributed by atoms with Crippen molar-refractivity contribution in [3.63, 3.8) is 0 Å². The molecular formula is C17H17BrO2. The number of halogens is 1. The smallest absolute Gasteiger partial charge is 0.339 e. The van der Waals surface area contributed by atoms with Crippen LogP contribution in [0.25, 0.3) is 10.8 Å². The van der Waals surface area contributed by atoms with Crippen LogP contribution in [0.5, 0.6) is 0 Å². The van der Waals surface area contributed by atoms with E-state index in [9.17, 15) is 4.79 Å². The fraction of sp³-hybridized carbons (Fsp3) is 0.353. The summed E-state index contributed by atoms with van der Waals surface area (Å²) in [6.07, 6.45) is 5.67. The van der Waals surface area contributed by atoms with Crippen molar-refractivity contribution in [1.29, 1.82) is 0 Å².